The molecule has 1 aliphatic rings. The molecular formula is C18H24N2S. The number of rotatable bonds is 5. The lowest BCUT2D eigenvalue weighted by molar-refractivity contribution is 0.202. The van der Waals surface area contributed by atoms with Gasteiger partial charge >= 0.3 is 0 Å². The Hall–Kier alpha value is -1.16. The standard InChI is InChI=1S/C18H24N2S/c1-2-20-12-10-16(11-13-20)19-18(17-9-6-14-21-17)15-7-4-3-5-8-15/h3-9,14,16,18-19H,2,10-13H2,1H3. The van der Waals surface area contributed by atoms with E-state index in [9.17, 15) is 0 Å². The predicted octanol–water partition coefficient (Wildman–Crippen LogP) is 3.91. The number of hydrogen-bond donors (Lipinski definition) is 1. The van der Waals surface area contributed by atoms with Gasteiger partial charge in [0.15, 0.2) is 0 Å². The first-order valence-corrected chi connectivity index (χ1v) is 8.81. The Morgan fingerprint density at radius 1 is 1.14 bits per heavy atom. The molecule has 3 rings (SSSR count). The molecule has 0 spiro atoms. The molecule has 1 aliphatic heterocycles. The van der Waals surface area contributed by atoms with Gasteiger partial charge in [-0.05, 0) is 49.5 Å². The van der Waals surface area contributed by atoms with Crippen LogP contribution in [0.1, 0.15) is 36.2 Å². The van der Waals surface area contributed by atoms with Gasteiger partial charge in [-0.1, -0.05) is 43.3 Å². The maximum Gasteiger partial charge on any atom is 0.0673 e. The summed E-state index contributed by atoms with van der Waals surface area (Å²) in [6, 6.07) is 16.2. The zero-order valence-electron chi connectivity index (χ0n) is 12.7. The molecule has 1 atom stereocenters. The van der Waals surface area contributed by atoms with Crippen molar-refractivity contribution in [2.45, 2.75) is 31.8 Å². The van der Waals surface area contributed by atoms with Crippen LogP contribution < -0.4 is 5.32 Å². The van der Waals surface area contributed by atoms with Gasteiger partial charge in [0.2, 0.25) is 0 Å². The number of likely N-dealkylation sites (tertiary alicyclic amines) is 1. The second kappa shape index (κ2) is 7.21. The average Bonchev–Trinajstić information content (AvgIpc) is 3.08. The summed E-state index contributed by atoms with van der Waals surface area (Å²) in [6.45, 7) is 5.88. The summed E-state index contributed by atoms with van der Waals surface area (Å²) >= 11 is 1.85. The van der Waals surface area contributed by atoms with Gasteiger partial charge in [0.05, 0.1) is 6.04 Å². The highest BCUT2D eigenvalue weighted by Crippen LogP contribution is 2.27. The quantitative estimate of drug-likeness (QED) is 0.900. The third-order valence-corrected chi connectivity index (χ3v) is 5.33. The van der Waals surface area contributed by atoms with Crippen molar-refractivity contribution in [1.82, 2.24) is 10.2 Å². The zero-order valence-corrected chi connectivity index (χ0v) is 13.5. The highest BCUT2D eigenvalue weighted by atomic mass is 32.1. The van der Waals surface area contributed by atoms with Gasteiger partial charge in [-0.2, -0.15) is 0 Å². The molecule has 1 unspecified atom stereocenters. The van der Waals surface area contributed by atoms with Crippen LogP contribution in [0.3, 0.4) is 0 Å². The fourth-order valence-corrected chi connectivity index (χ4v) is 3.91. The van der Waals surface area contributed by atoms with E-state index in [2.05, 4.69) is 65.0 Å². The molecule has 0 aliphatic carbocycles. The molecule has 0 saturated carbocycles. The molecule has 0 amide bonds. The van der Waals surface area contributed by atoms with E-state index in [1.807, 2.05) is 11.3 Å². The van der Waals surface area contributed by atoms with Crippen LogP contribution in [0.15, 0.2) is 47.8 Å². The lowest BCUT2D eigenvalue weighted by Gasteiger charge is -2.34. The monoisotopic (exact) mass is 300 g/mol. The van der Waals surface area contributed by atoms with E-state index in [1.165, 1.54) is 42.9 Å². The molecule has 112 valence electrons. The van der Waals surface area contributed by atoms with Gasteiger partial charge in [0.25, 0.3) is 0 Å². The predicted molar refractivity (Wildman–Crippen MR) is 90.9 cm³/mol. The topological polar surface area (TPSA) is 15.3 Å². The molecule has 21 heavy (non-hydrogen) atoms. The van der Waals surface area contributed by atoms with E-state index < -0.39 is 0 Å². The largest absolute Gasteiger partial charge is 0.303 e. The molecule has 2 aromatic rings. The van der Waals surface area contributed by atoms with E-state index in [4.69, 9.17) is 0 Å². The lowest BCUT2D eigenvalue weighted by Crippen LogP contribution is -2.43. The molecule has 1 saturated heterocycles. The number of hydrogen-bond acceptors (Lipinski definition) is 3. The van der Waals surface area contributed by atoms with Crippen molar-refractivity contribution < 1.29 is 0 Å². The van der Waals surface area contributed by atoms with Crippen molar-refractivity contribution in [1.29, 1.82) is 0 Å². The maximum atomic E-state index is 3.90. The van der Waals surface area contributed by atoms with Crippen molar-refractivity contribution in [3.05, 3.63) is 58.3 Å². The van der Waals surface area contributed by atoms with Gasteiger partial charge in [-0.3, -0.25) is 0 Å². The molecule has 2 nitrogen and oxygen atoms in total. The number of thiophene rings is 1. The summed E-state index contributed by atoms with van der Waals surface area (Å²) in [5.74, 6) is 0. The summed E-state index contributed by atoms with van der Waals surface area (Å²) < 4.78 is 0. The van der Waals surface area contributed by atoms with Crippen molar-refractivity contribution in [2.75, 3.05) is 19.6 Å². The summed E-state index contributed by atoms with van der Waals surface area (Å²) in [6.07, 6.45) is 2.51. The van der Waals surface area contributed by atoms with E-state index in [0.29, 0.717) is 12.1 Å². The van der Waals surface area contributed by atoms with Crippen LogP contribution in [0.25, 0.3) is 0 Å². The van der Waals surface area contributed by atoms with E-state index in [-0.39, 0.29) is 0 Å². The van der Waals surface area contributed by atoms with Crippen LogP contribution in [0.4, 0.5) is 0 Å². The van der Waals surface area contributed by atoms with Gasteiger partial charge < -0.3 is 10.2 Å². The maximum absolute atomic E-state index is 3.90. The minimum absolute atomic E-state index is 0.337. The Kier molecular flexibility index (Phi) is 5.07. The summed E-state index contributed by atoms with van der Waals surface area (Å²) in [5, 5.41) is 6.08. The van der Waals surface area contributed by atoms with E-state index in [1.54, 1.807) is 0 Å². The molecule has 1 aromatic heterocycles. The van der Waals surface area contributed by atoms with Crippen LogP contribution in [-0.4, -0.2) is 30.6 Å². The smallest absolute Gasteiger partial charge is 0.0673 e. The van der Waals surface area contributed by atoms with Crippen molar-refractivity contribution in [3.63, 3.8) is 0 Å². The van der Waals surface area contributed by atoms with Gasteiger partial charge in [0, 0.05) is 10.9 Å². The molecular weight excluding hydrogens is 276 g/mol. The third kappa shape index (κ3) is 3.73. The normalized spacial score (nSPS) is 18.7. The lowest BCUT2D eigenvalue weighted by atomic mass is 10.00. The molecule has 0 radical (unpaired) electrons. The van der Waals surface area contributed by atoms with Crippen LogP contribution in [0.5, 0.6) is 0 Å². The first-order chi connectivity index (χ1) is 10.4. The highest BCUT2D eigenvalue weighted by molar-refractivity contribution is 7.10. The number of benzene rings is 1. The number of nitrogens with zero attached hydrogens (tertiary/aromatic N) is 1. The molecule has 1 aromatic carbocycles. The Morgan fingerprint density at radius 2 is 1.90 bits per heavy atom. The van der Waals surface area contributed by atoms with Crippen molar-refractivity contribution >= 4 is 11.3 Å². The van der Waals surface area contributed by atoms with Crippen LogP contribution in [0.2, 0.25) is 0 Å². The van der Waals surface area contributed by atoms with Gasteiger partial charge in [0.1, 0.15) is 0 Å². The molecule has 2 heterocycles. The second-order valence-corrected chi connectivity index (χ2v) is 6.71. The Morgan fingerprint density at radius 3 is 2.52 bits per heavy atom. The molecule has 1 fully saturated rings. The summed E-state index contributed by atoms with van der Waals surface area (Å²) in [4.78, 5) is 3.96. The van der Waals surface area contributed by atoms with Crippen molar-refractivity contribution in [2.24, 2.45) is 0 Å². The first kappa shape index (κ1) is 14.8. The Bertz CT molecular complexity index is 515. The first-order valence-electron chi connectivity index (χ1n) is 7.93. The van der Waals surface area contributed by atoms with Crippen LogP contribution in [0, 0.1) is 0 Å². The van der Waals surface area contributed by atoms with Crippen molar-refractivity contribution in [3.8, 4) is 0 Å². The fraction of sp³-hybridized carbons (Fsp3) is 0.444. The molecule has 1 N–H and O–H groups in total. The molecule has 3 heteroatoms. The zero-order chi connectivity index (χ0) is 14.5. The Labute approximate surface area is 131 Å². The minimum Gasteiger partial charge on any atom is -0.303 e. The second-order valence-electron chi connectivity index (χ2n) is 5.73. The van der Waals surface area contributed by atoms with E-state index in [0.717, 1.165) is 0 Å². The summed E-state index contributed by atoms with van der Waals surface area (Å²) in [5.41, 5.74) is 1.37. The van der Waals surface area contributed by atoms with Gasteiger partial charge in [-0.25, -0.2) is 0 Å². The SMILES string of the molecule is CCN1CCC(NC(c2ccccc2)c2cccs2)CC1. The number of piperidine rings is 1. The summed E-state index contributed by atoms with van der Waals surface area (Å²) in [7, 11) is 0. The van der Waals surface area contributed by atoms with Crippen LogP contribution in [-0.2, 0) is 0 Å². The minimum atomic E-state index is 0.337. The highest BCUT2D eigenvalue weighted by Gasteiger charge is 2.23. The number of nitrogens with one attached hydrogen (secondary N) is 1. The molecule has 0 bridgehead atoms. The Balaban J connectivity index is 1.72. The fourth-order valence-electron chi connectivity index (χ4n) is 3.10. The van der Waals surface area contributed by atoms with Crippen LogP contribution >= 0.6 is 11.3 Å². The average molecular weight is 300 g/mol. The third-order valence-electron chi connectivity index (χ3n) is 4.40. The van der Waals surface area contributed by atoms with Gasteiger partial charge in [-0.15, -0.1) is 11.3 Å². The van der Waals surface area contributed by atoms with E-state index >= 15 is 0 Å².